The first-order valence-electron chi connectivity index (χ1n) is 7.48. The van der Waals surface area contributed by atoms with Crippen molar-refractivity contribution in [3.63, 3.8) is 0 Å². The molecule has 0 aliphatic heterocycles. The van der Waals surface area contributed by atoms with Crippen LogP contribution in [0.1, 0.15) is 38.4 Å². The van der Waals surface area contributed by atoms with Gasteiger partial charge >= 0.3 is 0 Å². The van der Waals surface area contributed by atoms with Gasteiger partial charge in [-0.05, 0) is 32.9 Å². The molecule has 21 heavy (non-hydrogen) atoms. The van der Waals surface area contributed by atoms with E-state index in [2.05, 4.69) is 50.4 Å². The van der Waals surface area contributed by atoms with Crippen LogP contribution in [0.2, 0.25) is 0 Å². The SMILES string of the molecule is CCNCc1nc(C(C)(C)OCC)sc1-c1ccccc1. The van der Waals surface area contributed by atoms with E-state index in [1.54, 1.807) is 11.3 Å². The van der Waals surface area contributed by atoms with Gasteiger partial charge in [0.15, 0.2) is 0 Å². The first-order chi connectivity index (χ1) is 10.1. The predicted molar refractivity (Wildman–Crippen MR) is 89.6 cm³/mol. The lowest BCUT2D eigenvalue weighted by Crippen LogP contribution is -2.21. The zero-order chi connectivity index (χ0) is 15.3. The van der Waals surface area contributed by atoms with Gasteiger partial charge in [0.25, 0.3) is 0 Å². The molecule has 1 N–H and O–H groups in total. The fourth-order valence-electron chi connectivity index (χ4n) is 2.21. The molecule has 0 aliphatic carbocycles. The summed E-state index contributed by atoms with van der Waals surface area (Å²) in [6.45, 7) is 10.7. The molecule has 1 heterocycles. The second kappa shape index (κ2) is 7.16. The molecule has 4 heteroatoms. The zero-order valence-corrected chi connectivity index (χ0v) is 14.1. The molecule has 0 saturated carbocycles. The second-order valence-corrected chi connectivity index (χ2v) is 6.38. The molecule has 0 atom stereocenters. The van der Waals surface area contributed by atoms with Crippen LogP contribution in [-0.2, 0) is 16.9 Å². The molecule has 2 aromatic rings. The van der Waals surface area contributed by atoms with E-state index in [-0.39, 0.29) is 5.60 Å². The minimum absolute atomic E-state index is 0.340. The van der Waals surface area contributed by atoms with Gasteiger partial charge in [0.2, 0.25) is 0 Å². The van der Waals surface area contributed by atoms with Crippen LogP contribution in [0.5, 0.6) is 0 Å². The Balaban J connectivity index is 2.40. The van der Waals surface area contributed by atoms with Gasteiger partial charge in [-0.25, -0.2) is 4.98 Å². The van der Waals surface area contributed by atoms with Gasteiger partial charge in [0, 0.05) is 13.2 Å². The maximum Gasteiger partial charge on any atom is 0.125 e. The maximum absolute atomic E-state index is 5.85. The molecule has 2 rings (SSSR count). The van der Waals surface area contributed by atoms with E-state index in [9.17, 15) is 0 Å². The minimum Gasteiger partial charge on any atom is -0.369 e. The summed E-state index contributed by atoms with van der Waals surface area (Å²) in [5, 5.41) is 4.41. The van der Waals surface area contributed by atoms with Gasteiger partial charge in [-0.3, -0.25) is 0 Å². The van der Waals surface area contributed by atoms with E-state index >= 15 is 0 Å². The minimum atomic E-state index is -0.340. The lowest BCUT2D eigenvalue weighted by molar-refractivity contribution is -0.0142. The molecule has 0 bridgehead atoms. The third-order valence-electron chi connectivity index (χ3n) is 3.30. The largest absolute Gasteiger partial charge is 0.369 e. The molecule has 1 aromatic carbocycles. The number of thiazole rings is 1. The topological polar surface area (TPSA) is 34.2 Å². The van der Waals surface area contributed by atoms with Crippen LogP contribution < -0.4 is 5.32 Å². The second-order valence-electron chi connectivity index (χ2n) is 5.38. The quantitative estimate of drug-likeness (QED) is 0.833. The summed E-state index contributed by atoms with van der Waals surface area (Å²) < 4.78 is 5.85. The van der Waals surface area contributed by atoms with Gasteiger partial charge in [0.1, 0.15) is 10.6 Å². The number of benzene rings is 1. The van der Waals surface area contributed by atoms with E-state index < -0.39 is 0 Å². The first kappa shape index (κ1) is 16.1. The van der Waals surface area contributed by atoms with Crippen molar-refractivity contribution in [1.82, 2.24) is 10.3 Å². The normalized spacial score (nSPS) is 11.8. The molecule has 114 valence electrons. The third kappa shape index (κ3) is 3.90. The van der Waals surface area contributed by atoms with Gasteiger partial charge in [0.05, 0.1) is 10.6 Å². The molecule has 0 fully saturated rings. The van der Waals surface area contributed by atoms with Crippen LogP contribution in [0.4, 0.5) is 0 Å². The molecule has 1 aromatic heterocycles. The lowest BCUT2D eigenvalue weighted by Gasteiger charge is -2.21. The molecule has 0 saturated heterocycles. The van der Waals surface area contributed by atoms with Crippen LogP contribution in [0.15, 0.2) is 30.3 Å². The van der Waals surface area contributed by atoms with Crippen LogP contribution in [0.3, 0.4) is 0 Å². The van der Waals surface area contributed by atoms with Crippen molar-refractivity contribution in [3.05, 3.63) is 41.0 Å². The van der Waals surface area contributed by atoms with Crippen molar-refractivity contribution in [3.8, 4) is 10.4 Å². The summed E-state index contributed by atoms with van der Waals surface area (Å²) in [5.41, 5.74) is 1.99. The molecule has 3 nitrogen and oxygen atoms in total. The van der Waals surface area contributed by atoms with Crippen molar-refractivity contribution >= 4 is 11.3 Å². The van der Waals surface area contributed by atoms with Crippen LogP contribution in [0.25, 0.3) is 10.4 Å². The highest BCUT2D eigenvalue weighted by atomic mass is 32.1. The molecule has 0 aliphatic rings. The van der Waals surface area contributed by atoms with E-state index in [1.807, 2.05) is 13.0 Å². The predicted octanol–water partition coefficient (Wildman–Crippen LogP) is 4.19. The van der Waals surface area contributed by atoms with Gasteiger partial charge < -0.3 is 10.1 Å². The Morgan fingerprint density at radius 1 is 1.19 bits per heavy atom. The maximum atomic E-state index is 5.85. The highest BCUT2D eigenvalue weighted by Gasteiger charge is 2.27. The van der Waals surface area contributed by atoms with Crippen molar-refractivity contribution in [2.24, 2.45) is 0 Å². The summed E-state index contributed by atoms with van der Waals surface area (Å²) >= 11 is 1.73. The zero-order valence-electron chi connectivity index (χ0n) is 13.3. The van der Waals surface area contributed by atoms with E-state index in [0.717, 1.165) is 23.8 Å². The summed E-state index contributed by atoms with van der Waals surface area (Å²) in [6, 6.07) is 10.5. The number of aromatic nitrogens is 1. The average molecular weight is 304 g/mol. The van der Waals surface area contributed by atoms with Crippen molar-refractivity contribution in [2.75, 3.05) is 13.2 Å². The van der Waals surface area contributed by atoms with Crippen LogP contribution in [-0.4, -0.2) is 18.1 Å². The number of nitrogens with zero attached hydrogens (tertiary/aromatic N) is 1. The Labute approximate surface area is 131 Å². The molecular weight excluding hydrogens is 280 g/mol. The van der Waals surface area contributed by atoms with E-state index in [4.69, 9.17) is 9.72 Å². The Morgan fingerprint density at radius 2 is 1.90 bits per heavy atom. The van der Waals surface area contributed by atoms with Crippen molar-refractivity contribution < 1.29 is 4.74 Å². The fourth-order valence-corrected chi connectivity index (χ4v) is 3.35. The number of ether oxygens (including phenoxy) is 1. The Hall–Kier alpha value is -1.23. The third-order valence-corrected chi connectivity index (χ3v) is 4.75. The Morgan fingerprint density at radius 3 is 2.52 bits per heavy atom. The fraction of sp³-hybridized carbons (Fsp3) is 0.471. The lowest BCUT2D eigenvalue weighted by atomic mass is 10.1. The number of hydrogen-bond acceptors (Lipinski definition) is 4. The molecule has 0 unspecified atom stereocenters. The van der Waals surface area contributed by atoms with Gasteiger partial charge in [-0.1, -0.05) is 37.3 Å². The number of rotatable bonds is 7. The molecule has 0 radical (unpaired) electrons. The number of nitrogens with one attached hydrogen (secondary N) is 1. The first-order valence-corrected chi connectivity index (χ1v) is 8.30. The highest BCUT2D eigenvalue weighted by Crippen LogP contribution is 2.36. The molecular formula is C17H24N2OS. The average Bonchev–Trinajstić information content (AvgIpc) is 2.91. The highest BCUT2D eigenvalue weighted by molar-refractivity contribution is 7.15. The molecule has 0 amide bonds. The van der Waals surface area contributed by atoms with Crippen LogP contribution in [0, 0.1) is 0 Å². The van der Waals surface area contributed by atoms with Crippen molar-refractivity contribution in [2.45, 2.75) is 39.8 Å². The summed E-state index contributed by atoms with van der Waals surface area (Å²) in [6.07, 6.45) is 0. The van der Waals surface area contributed by atoms with Gasteiger partial charge in [-0.15, -0.1) is 11.3 Å². The Kier molecular flexibility index (Phi) is 5.51. The Bertz CT molecular complexity index is 563. The van der Waals surface area contributed by atoms with Crippen molar-refractivity contribution in [1.29, 1.82) is 0 Å². The smallest absolute Gasteiger partial charge is 0.125 e. The standard InChI is InChI=1S/C17H24N2OS/c1-5-18-12-14-15(13-10-8-7-9-11-13)21-16(19-14)17(3,4)20-6-2/h7-11,18H,5-6,12H2,1-4H3. The summed E-state index contributed by atoms with van der Waals surface area (Å²) in [5.74, 6) is 0. The molecule has 0 spiro atoms. The van der Waals surface area contributed by atoms with Crippen LogP contribution >= 0.6 is 11.3 Å². The summed E-state index contributed by atoms with van der Waals surface area (Å²) in [4.78, 5) is 6.08. The summed E-state index contributed by atoms with van der Waals surface area (Å²) in [7, 11) is 0. The van der Waals surface area contributed by atoms with E-state index in [1.165, 1.54) is 10.4 Å². The van der Waals surface area contributed by atoms with Gasteiger partial charge in [-0.2, -0.15) is 0 Å². The van der Waals surface area contributed by atoms with E-state index in [0.29, 0.717) is 6.61 Å². The monoisotopic (exact) mass is 304 g/mol. The number of hydrogen-bond donors (Lipinski definition) is 1.